The van der Waals surface area contributed by atoms with Gasteiger partial charge in [-0.15, -0.1) is 0 Å². The number of pyridine rings is 1. The van der Waals surface area contributed by atoms with Crippen molar-refractivity contribution < 1.29 is 9.53 Å². The third-order valence-corrected chi connectivity index (χ3v) is 3.28. The molecule has 0 spiro atoms. The molecular formula is C15H23N3O2. The number of aromatic nitrogens is 1. The zero-order valence-electron chi connectivity index (χ0n) is 12.6. The average molecular weight is 277 g/mol. The highest BCUT2D eigenvalue weighted by atomic mass is 16.6. The van der Waals surface area contributed by atoms with E-state index in [0.29, 0.717) is 6.54 Å². The van der Waals surface area contributed by atoms with E-state index in [1.54, 1.807) is 11.1 Å². The zero-order valence-corrected chi connectivity index (χ0v) is 12.6. The molecule has 1 N–H and O–H groups in total. The highest BCUT2D eigenvalue weighted by Crippen LogP contribution is 2.25. The number of aryl methyl sites for hydroxylation is 1. The van der Waals surface area contributed by atoms with Gasteiger partial charge in [-0.1, -0.05) is 6.07 Å². The van der Waals surface area contributed by atoms with Gasteiger partial charge >= 0.3 is 6.09 Å². The third kappa shape index (κ3) is 3.48. The van der Waals surface area contributed by atoms with Crippen molar-refractivity contribution in [3.8, 4) is 0 Å². The fourth-order valence-electron chi connectivity index (χ4n) is 2.37. The van der Waals surface area contributed by atoms with Crippen molar-refractivity contribution in [3.05, 3.63) is 29.6 Å². The first-order valence-electron chi connectivity index (χ1n) is 7.00. The quantitative estimate of drug-likeness (QED) is 0.855. The number of hydrogen-bond acceptors (Lipinski definition) is 4. The number of hydrogen-bond donors (Lipinski definition) is 1. The number of carbonyl (C=O) groups excluding carboxylic acids is 1. The summed E-state index contributed by atoms with van der Waals surface area (Å²) in [5.74, 6) is 0. The molecule has 1 atom stereocenters. The van der Waals surface area contributed by atoms with E-state index in [-0.39, 0.29) is 12.1 Å². The summed E-state index contributed by atoms with van der Waals surface area (Å²) < 4.78 is 5.51. The Morgan fingerprint density at radius 1 is 1.50 bits per heavy atom. The lowest BCUT2D eigenvalue weighted by Crippen LogP contribution is -2.50. The predicted octanol–water partition coefficient (Wildman–Crippen LogP) is 2.27. The minimum atomic E-state index is -0.476. The molecule has 0 aliphatic carbocycles. The van der Waals surface area contributed by atoms with Crippen molar-refractivity contribution in [3.63, 3.8) is 0 Å². The Morgan fingerprint density at radius 2 is 2.25 bits per heavy atom. The van der Waals surface area contributed by atoms with E-state index in [0.717, 1.165) is 24.3 Å². The van der Waals surface area contributed by atoms with Crippen LogP contribution in [0, 0.1) is 6.92 Å². The van der Waals surface area contributed by atoms with Crippen molar-refractivity contribution in [1.82, 2.24) is 15.2 Å². The third-order valence-electron chi connectivity index (χ3n) is 3.28. The Kier molecular flexibility index (Phi) is 4.28. The van der Waals surface area contributed by atoms with E-state index < -0.39 is 5.60 Å². The molecule has 2 rings (SSSR count). The summed E-state index contributed by atoms with van der Waals surface area (Å²) in [6, 6.07) is 3.91. The van der Waals surface area contributed by atoms with Crippen LogP contribution < -0.4 is 5.32 Å². The first kappa shape index (κ1) is 14.8. The number of nitrogens with one attached hydrogen (secondary N) is 1. The van der Waals surface area contributed by atoms with Gasteiger partial charge in [0.05, 0.1) is 6.04 Å². The van der Waals surface area contributed by atoms with Crippen molar-refractivity contribution in [2.75, 3.05) is 19.6 Å². The lowest BCUT2D eigenvalue weighted by atomic mass is 10.0. The van der Waals surface area contributed by atoms with Crippen LogP contribution in [0.4, 0.5) is 4.79 Å². The fraction of sp³-hybridized carbons (Fsp3) is 0.600. The Bertz CT molecular complexity index is 482. The largest absolute Gasteiger partial charge is 0.444 e. The van der Waals surface area contributed by atoms with Gasteiger partial charge in [0.2, 0.25) is 0 Å². The molecule has 1 saturated heterocycles. The summed E-state index contributed by atoms with van der Waals surface area (Å²) in [5, 5.41) is 3.33. The molecule has 0 radical (unpaired) electrons. The van der Waals surface area contributed by atoms with Gasteiger partial charge in [0, 0.05) is 31.5 Å². The molecule has 110 valence electrons. The molecule has 5 heteroatoms. The Morgan fingerprint density at radius 3 is 2.90 bits per heavy atom. The molecule has 1 aliphatic heterocycles. The lowest BCUT2D eigenvalue weighted by Gasteiger charge is -2.37. The van der Waals surface area contributed by atoms with Gasteiger partial charge in [0.1, 0.15) is 5.60 Å². The predicted molar refractivity (Wildman–Crippen MR) is 77.5 cm³/mol. The number of nitrogens with zero attached hydrogens (tertiary/aromatic N) is 2. The van der Waals surface area contributed by atoms with Crippen LogP contribution in [0.3, 0.4) is 0 Å². The summed E-state index contributed by atoms with van der Waals surface area (Å²) in [7, 11) is 0. The minimum absolute atomic E-state index is 0.0210. The molecule has 5 nitrogen and oxygen atoms in total. The van der Waals surface area contributed by atoms with Crippen LogP contribution in [0.15, 0.2) is 18.3 Å². The SMILES string of the molecule is Cc1ncccc1C1CNCCN1C(=O)OC(C)(C)C. The van der Waals surface area contributed by atoms with Gasteiger partial charge < -0.3 is 10.1 Å². The maximum atomic E-state index is 12.4. The van der Waals surface area contributed by atoms with Gasteiger partial charge in [-0.25, -0.2) is 4.79 Å². The second-order valence-electron chi connectivity index (χ2n) is 6.07. The van der Waals surface area contributed by atoms with Gasteiger partial charge in [0.25, 0.3) is 0 Å². The van der Waals surface area contributed by atoms with Crippen LogP contribution >= 0.6 is 0 Å². The molecule has 1 aromatic heterocycles. The topological polar surface area (TPSA) is 54.5 Å². The smallest absolute Gasteiger partial charge is 0.410 e. The van der Waals surface area contributed by atoms with E-state index >= 15 is 0 Å². The number of amides is 1. The zero-order chi connectivity index (χ0) is 14.8. The molecule has 1 amide bonds. The van der Waals surface area contributed by atoms with Gasteiger partial charge in [-0.3, -0.25) is 9.88 Å². The Labute approximate surface area is 120 Å². The van der Waals surface area contributed by atoms with Crippen LogP contribution in [0.2, 0.25) is 0 Å². The first-order valence-corrected chi connectivity index (χ1v) is 7.00. The molecule has 1 unspecified atom stereocenters. The Hall–Kier alpha value is -1.62. The summed E-state index contributed by atoms with van der Waals surface area (Å²) in [4.78, 5) is 18.5. The van der Waals surface area contributed by atoms with Gasteiger partial charge in [-0.05, 0) is 39.3 Å². The standard InChI is InChI=1S/C15H23N3O2/c1-11-12(6-5-7-17-11)13-10-16-8-9-18(13)14(19)20-15(2,3)4/h5-7,13,16H,8-10H2,1-4H3. The lowest BCUT2D eigenvalue weighted by molar-refractivity contribution is 0.0117. The van der Waals surface area contributed by atoms with Crippen LogP contribution in [-0.2, 0) is 4.74 Å². The molecule has 0 bridgehead atoms. The molecule has 2 heterocycles. The van der Waals surface area contributed by atoms with E-state index in [1.165, 1.54) is 0 Å². The van der Waals surface area contributed by atoms with Gasteiger partial charge in [0.15, 0.2) is 0 Å². The highest BCUT2D eigenvalue weighted by molar-refractivity contribution is 5.69. The van der Waals surface area contributed by atoms with Crippen molar-refractivity contribution in [2.24, 2.45) is 0 Å². The molecular weight excluding hydrogens is 254 g/mol. The normalized spacial score (nSPS) is 19.8. The molecule has 0 aromatic carbocycles. The van der Waals surface area contributed by atoms with Crippen LogP contribution in [-0.4, -0.2) is 41.2 Å². The van der Waals surface area contributed by atoms with E-state index in [4.69, 9.17) is 4.74 Å². The van der Waals surface area contributed by atoms with Crippen LogP contribution in [0.1, 0.15) is 38.1 Å². The number of rotatable bonds is 1. The second-order valence-corrected chi connectivity index (χ2v) is 6.07. The van der Waals surface area contributed by atoms with Gasteiger partial charge in [-0.2, -0.15) is 0 Å². The summed E-state index contributed by atoms with van der Waals surface area (Å²) in [5.41, 5.74) is 1.55. The van der Waals surface area contributed by atoms with Crippen molar-refractivity contribution in [2.45, 2.75) is 39.3 Å². The van der Waals surface area contributed by atoms with Crippen molar-refractivity contribution in [1.29, 1.82) is 0 Å². The summed E-state index contributed by atoms with van der Waals surface area (Å²) in [6.45, 7) is 9.79. The van der Waals surface area contributed by atoms with E-state index in [1.807, 2.05) is 39.8 Å². The average Bonchev–Trinajstić information content (AvgIpc) is 2.37. The number of ether oxygens (including phenoxy) is 1. The van der Waals surface area contributed by atoms with E-state index in [9.17, 15) is 4.79 Å². The molecule has 1 aliphatic rings. The maximum Gasteiger partial charge on any atom is 0.410 e. The van der Waals surface area contributed by atoms with E-state index in [2.05, 4.69) is 10.3 Å². The number of carbonyl (C=O) groups is 1. The fourth-order valence-corrected chi connectivity index (χ4v) is 2.37. The maximum absolute atomic E-state index is 12.4. The first-order chi connectivity index (χ1) is 9.38. The molecule has 1 aromatic rings. The minimum Gasteiger partial charge on any atom is -0.444 e. The molecule has 0 saturated carbocycles. The highest BCUT2D eigenvalue weighted by Gasteiger charge is 2.32. The summed E-state index contributed by atoms with van der Waals surface area (Å²) >= 11 is 0. The summed E-state index contributed by atoms with van der Waals surface area (Å²) in [6.07, 6.45) is 1.51. The second kappa shape index (κ2) is 5.79. The monoisotopic (exact) mass is 277 g/mol. The number of piperazine rings is 1. The Balaban J connectivity index is 2.22. The molecule has 20 heavy (non-hydrogen) atoms. The van der Waals surface area contributed by atoms with Crippen molar-refractivity contribution >= 4 is 6.09 Å². The van der Waals surface area contributed by atoms with Crippen LogP contribution in [0.5, 0.6) is 0 Å². The molecule has 1 fully saturated rings. The van der Waals surface area contributed by atoms with Crippen LogP contribution in [0.25, 0.3) is 0 Å².